The van der Waals surface area contributed by atoms with Crippen molar-refractivity contribution in [3.8, 4) is 11.4 Å². The van der Waals surface area contributed by atoms with Crippen LogP contribution in [0.4, 0.5) is 5.82 Å². The molecule has 28 heavy (non-hydrogen) atoms. The van der Waals surface area contributed by atoms with Crippen LogP contribution >= 0.6 is 11.6 Å². The number of methoxy groups -OCH3 is 1. The average molecular weight is 398 g/mol. The molecule has 0 amide bonds. The smallest absolute Gasteiger partial charge is 0.170 e. The van der Waals surface area contributed by atoms with Crippen LogP contribution in [0.25, 0.3) is 16.9 Å². The highest BCUT2D eigenvalue weighted by molar-refractivity contribution is 6.32. The van der Waals surface area contributed by atoms with Gasteiger partial charge in [-0.15, -0.1) is 0 Å². The molecule has 146 valence electrons. The van der Waals surface area contributed by atoms with Gasteiger partial charge in [-0.05, 0) is 69.6 Å². The summed E-state index contributed by atoms with van der Waals surface area (Å²) in [6.07, 6.45) is 5.27. The third-order valence-corrected chi connectivity index (χ3v) is 6.04. The molecule has 0 atom stereocenters. The van der Waals surface area contributed by atoms with Crippen molar-refractivity contribution < 1.29 is 4.74 Å². The minimum absolute atomic E-state index is 0.512. The van der Waals surface area contributed by atoms with E-state index in [2.05, 4.69) is 5.32 Å². The number of aromatic nitrogens is 4. The summed E-state index contributed by atoms with van der Waals surface area (Å²) in [5.74, 6) is 4.66. The zero-order chi connectivity index (χ0) is 19.4. The summed E-state index contributed by atoms with van der Waals surface area (Å²) in [7, 11) is 1.61. The van der Waals surface area contributed by atoms with Crippen LogP contribution < -0.4 is 10.1 Å². The topological polar surface area (TPSA) is 64.9 Å². The van der Waals surface area contributed by atoms with Crippen molar-refractivity contribution in [2.75, 3.05) is 12.4 Å². The number of fused-ring (bicyclic) bond motifs is 1. The van der Waals surface area contributed by atoms with Crippen molar-refractivity contribution in [3.63, 3.8) is 0 Å². The first kappa shape index (κ1) is 17.7. The SMILES string of the molecule is COc1ccc(-n2c(C)nc3c(NC(C4CC4)C4CC4)nc(C)nc32)cc1Cl. The molecule has 2 fully saturated rings. The predicted octanol–water partition coefficient (Wildman–Crippen LogP) is 4.69. The minimum Gasteiger partial charge on any atom is -0.495 e. The Balaban J connectivity index is 1.60. The summed E-state index contributed by atoms with van der Waals surface area (Å²) in [6.45, 7) is 3.92. The Labute approximate surface area is 169 Å². The van der Waals surface area contributed by atoms with Crippen molar-refractivity contribution >= 4 is 28.6 Å². The third-order valence-electron chi connectivity index (χ3n) is 5.74. The first-order valence-electron chi connectivity index (χ1n) is 9.89. The largest absolute Gasteiger partial charge is 0.495 e. The van der Waals surface area contributed by atoms with Gasteiger partial charge in [-0.25, -0.2) is 15.0 Å². The molecule has 2 aliphatic carbocycles. The van der Waals surface area contributed by atoms with Crippen molar-refractivity contribution in [1.82, 2.24) is 19.5 Å². The van der Waals surface area contributed by atoms with Gasteiger partial charge in [-0.2, -0.15) is 0 Å². The van der Waals surface area contributed by atoms with E-state index in [1.807, 2.05) is 36.6 Å². The van der Waals surface area contributed by atoms with Crippen molar-refractivity contribution in [1.29, 1.82) is 0 Å². The molecule has 0 bridgehead atoms. The lowest BCUT2D eigenvalue weighted by Gasteiger charge is -2.18. The fraction of sp³-hybridized carbons (Fsp3) is 0.476. The fourth-order valence-electron chi connectivity index (χ4n) is 4.07. The van der Waals surface area contributed by atoms with Gasteiger partial charge >= 0.3 is 0 Å². The van der Waals surface area contributed by atoms with Crippen LogP contribution in [0.15, 0.2) is 18.2 Å². The summed E-state index contributed by atoms with van der Waals surface area (Å²) in [4.78, 5) is 14.2. The number of imidazole rings is 1. The van der Waals surface area contributed by atoms with Gasteiger partial charge in [0.05, 0.1) is 17.8 Å². The van der Waals surface area contributed by atoms with Gasteiger partial charge in [-0.3, -0.25) is 4.57 Å². The molecule has 2 aromatic heterocycles. The number of aryl methyl sites for hydroxylation is 2. The van der Waals surface area contributed by atoms with Crippen LogP contribution in [0, 0.1) is 25.7 Å². The first-order valence-corrected chi connectivity index (χ1v) is 10.3. The summed E-state index contributed by atoms with van der Waals surface area (Å²) in [6, 6.07) is 6.24. The van der Waals surface area contributed by atoms with Crippen LogP contribution in [0.3, 0.4) is 0 Å². The molecule has 0 aliphatic heterocycles. The van der Waals surface area contributed by atoms with Gasteiger partial charge in [0.1, 0.15) is 17.4 Å². The molecular formula is C21H24ClN5O. The number of hydrogen-bond acceptors (Lipinski definition) is 5. The lowest BCUT2D eigenvalue weighted by atomic mass is 10.1. The monoisotopic (exact) mass is 397 g/mol. The van der Waals surface area contributed by atoms with Crippen molar-refractivity contribution in [2.45, 2.75) is 45.6 Å². The fourth-order valence-corrected chi connectivity index (χ4v) is 4.32. The number of nitrogens with zero attached hydrogens (tertiary/aromatic N) is 4. The standard InChI is InChI=1S/C21H24ClN5O/c1-11-23-20(26-18(13-4-5-13)14-6-7-14)19-21(24-11)27(12(2)25-19)15-8-9-17(28-3)16(22)10-15/h8-10,13-14,18H,4-7H2,1-3H3,(H,23,24,26). The zero-order valence-corrected chi connectivity index (χ0v) is 17.1. The molecule has 0 saturated heterocycles. The van der Waals surface area contributed by atoms with Gasteiger partial charge in [-0.1, -0.05) is 11.6 Å². The highest BCUT2D eigenvalue weighted by Crippen LogP contribution is 2.46. The Morgan fingerprint density at radius 1 is 1.11 bits per heavy atom. The minimum atomic E-state index is 0.512. The Bertz CT molecular complexity index is 1040. The van der Waals surface area contributed by atoms with Crippen molar-refractivity contribution in [3.05, 3.63) is 34.9 Å². The number of rotatable bonds is 6. The maximum absolute atomic E-state index is 6.36. The van der Waals surface area contributed by atoms with E-state index in [1.54, 1.807) is 7.11 Å². The molecule has 0 unspecified atom stereocenters. The Hall–Kier alpha value is -2.34. The van der Waals surface area contributed by atoms with Gasteiger partial charge in [0.15, 0.2) is 17.0 Å². The summed E-state index contributed by atoms with van der Waals surface area (Å²) >= 11 is 6.36. The molecule has 1 N–H and O–H groups in total. The van der Waals surface area contributed by atoms with E-state index < -0.39 is 0 Å². The van der Waals surface area contributed by atoms with Gasteiger partial charge in [0.2, 0.25) is 0 Å². The van der Waals surface area contributed by atoms with E-state index in [0.29, 0.717) is 16.8 Å². The molecule has 6 nitrogen and oxygen atoms in total. The van der Waals surface area contributed by atoms with E-state index in [-0.39, 0.29) is 0 Å². The van der Waals surface area contributed by atoms with Crippen LogP contribution in [-0.2, 0) is 0 Å². The highest BCUT2D eigenvalue weighted by atomic mass is 35.5. The first-order chi connectivity index (χ1) is 13.5. The molecule has 7 heteroatoms. The van der Waals surface area contributed by atoms with Gasteiger partial charge < -0.3 is 10.1 Å². The van der Waals surface area contributed by atoms with E-state index in [9.17, 15) is 0 Å². The second kappa shape index (κ2) is 6.62. The maximum Gasteiger partial charge on any atom is 0.170 e. The Morgan fingerprint density at radius 3 is 2.43 bits per heavy atom. The highest BCUT2D eigenvalue weighted by Gasteiger charge is 2.42. The number of anilines is 1. The number of nitrogens with one attached hydrogen (secondary N) is 1. The molecule has 2 saturated carbocycles. The van der Waals surface area contributed by atoms with Crippen LogP contribution in [0.5, 0.6) is 5.75 Å². The number of hydrogen-bond donors (Lipinski definition) is 1. The molecular weight excluding hydrogens is 374 g/mol. The Kier molecular flexibility index (Phi) is 4.19. The maximum atomic E-state index is 6.36. The van der Waals surface area contributed by atoms with E-state index in [0.717, 1.165) is 46.2 Å². The number of ether oxygens (including phenoxy) is 1. The van der Waals surface area contributed by atoms with E-state index in [1.165, 1.54) is 25.7 Å². The second-order valence-electron chi connectivity index (χ2n) is 7.95. The quantitative estimate of drug-likeness (QED) is 0.653. The normalized spacial score (nSPS) is 16.8. The van der Waals surface area contributed by atoms with Crippen molar-refractivity contribution in [2.24, 2.45) is 11.8 Å². The number of halogens is 1. The zero-order valence-electron chi connectivity index (χ0n) is 16.4. The third kappa shape index (κ3) is 3.09. The lowest BCUT2D eigenvalue weighted by molar-refractivity contribution is 0.415. The molecule has 5 rings (SSSR count). The molecule has 2 aliphatic rings. The van der Waals surface area contributed by atoms with Gasteiger partial charge in [0, 0.05) is 6.04 Å². The van der Waals surface area contributed by atoms with Crippen LogP contribution in [0.2, 0.25) is 5.02 Å². The summed E-state index contributed by atoms with van der Waals surface area (Å²) in [5.41, 5.74) is 2.54. The predicted molar refractivity (Wildman–Crippen MR) is 111 cm³/mol. The average Bonchev–Trinajstić information content (AvgIpc) is 3.57. The molecule has 1 aromatic carbocycles. The summed E-state index contributed by atoms with van der Waals surface area (Å²) < 4.78 is 7.31. The molecule has 2 heterocycles. The number of benzene rings is 1. The van der Waals surface area contributed by atoms with Gasteiger partial charge in [0.25, 0.3) is 0 Å². The molecule has 0 spiro atoms. The lowest BCUT2D eigenvalue weighted by Crippen LogP contribution is -2.25. The van der Waals surface area contributed by atoms with E-state index >= 15 is 0 Å². The van der Waals surface area contributed by atoms with Crippen LogP contribution in [0.1, 0.15) is 37.3 Å². The Morgan fingerprint density at radius 2 is 1.82 bits per heavy atom. The molecule has 3 aromatic rings. The summed E-state index contributed by atoms with van der Waals surface area (Å²) in [5, 5.41) is 4.30. The van der Waals surface area contributed by atoms with E-state index in [4.69, 9.17) is 31.3 Å². The second-order valence-corrected chi connectivity index (χ2v) is 8.36. The molecule has 0 radical (unpaired) electrons. The van der Waals surface area contributed by atoms with Crippen LogP contribution in [-0.4, -0.2) is 32.7 Å².